The van der Waals surface area contributed by atoms with E-state index in [-0.39, 0.29) is 15.6 Å². The minimum absolute atomic E-state index is 0.0624. The Morgan fingerprint density at radius 2 is 1.87 bits per heavy atom. The van der Waals surface area contributed by atoms with Crippen LogP contribution in [0, 0.1) is 5.82 Å². The molecule has 0 atom stereocenters. The minimum Gasteiger partial charge on any atom is -0.481 e. The predicted molar refractivity (Wildman–Crippen MR) is 53.0 cm³/mol. The second kappa shape index (κ2) is 4.59. The summed E-state index contributed by atoms with van der Waals surface area (Å²) in [5.41, 5.74) is -0.180. The fraction of sp³-hybridized carbons (Fsp3) is 0.111. The van der Waals surface area contributed by atoms with Gasteiger partial charge in [0, 0.05) is 5.56 Å². The Bertz CT molecular complexity index is 432. The van der Waals surface area contributed by atoms with Crippen molar-refractivity contribution >= 4 is 35.0 Å². The van der Waals surface area contributed by atoms with E-state index in [4.69, 9.17) is 28.3 Å². The van der Waals surface area contributed by atoms with Crippen LogP contribution in [0.1, 0.15) is 16.8 Å². The van der Waals surface area contributed by atoms with E-state index in [2.05, 4.69) is 0 Å². The minimum atomic E-state index is -1.30. The Morgan fingerprint density at radius 3 is 2.40 bits per heavy atom. The lowest BCUT2D eigenvalue weighted by atomic mass is 10.1. The molecule has 0 aliphatic rings. The highest BCUT2D eigenvalue weighted by molar-refractivity contribution is 6.37. The summed E-state index contributed by atoms with van der Waals surface area (Å²) in [6.07, 6.45) is -0.735. The summed E-state index contributed by atoms with van der Waals surface area (Å²) < 4.78 is 13.0. The summed E-state index contributed by atoms with van der Waals surface area (Å²) in [7, 11) is 0. The molecule has 80 valence electrons. The van der Waals surface area contributed by atoms with E-state index >= 15 is 0 Å². The number of hydrogen-bond donors (Lipinski definition) is 1. The Labute approximate surface area is 94.4 Å². The number of carboxylic acid groups (broad SMARTS) is 1. The molecule has 0 saturated carbocycles. The van der Waals surface area contributed by atoms with Gasteiger partial charge in [0.1, 0.15) is 12.2 Å². The number of ketones is 1. The molecule has 0 unspecified atom stereocenters. The molecule has 0 spiro atoms. The third-order valence-electron chi connectivity index (χ3n) is 1.62. The Morgan fingerprint density at radius 1 is 1.27 bits per heavy atom. The van der Waals surface area contributed by atoms with Crippen molar-refractivity contribution < 1.29 is 19.1 Å². The molecular formula is C9H5Cl2FO3. The van der Waals surface area contributed by atoms with Crippen LogP contribution in [-0.2, 0) is 4.79 Å². The SMILES string of the molecule is O=C(O)CC(=O)c1cc(F)c(Cl)cc1Cl. The van der Waals surface area contributed by atoms with Gasteiger partial charge in [0.2, 0.25) is 0 Å². The highest BCUT2D eigenvalue weighted by atomic mass is 35.5. The van der Waals surface area contributed by atoms with E-state index in [1.165, 1.54) is 0 Å². The highest BCUT2D eigenvalue weighted by Crippen LogP contribution is 2.25. The number of Topliss-reactive ketones (excluding diaryl/α,β-unsaturated/α-hetero) is 1. The van der Waals surface area contributed by atoms with Crippen LogP contribution in [0.3, 0.4) is 0 Å². The van der Waals surface area contributed by atoms with Gasteiger partial charge >= 0.3 is 5.97 Å². The van der Waals surface area contributed by atoms with E-state index in [0.29, 0.717) is 0 Å². The van der Waals surface area contributed by atoms with Crippen molar-refractivity contribution in [3.8, 4) is 0 Å². The fourth-order valence-electron chi connectivity index (χ4n) is 0.969. The van der Waals surface area contributed by atoms with E-state index in [1.54, 1.807) is 0 Å². The summed E-state index contributed by atoms with van der Waals surface area (Å²) in [5.74, 6) is -2.87. The van der Waals surface area contributed by atoms with Crippen molar-refractivity contribution in [1.82, 2.24) is 0 Å². The van der Waals surface area contributed by atoms with Gasteiger partial charge in [-0.2, -0.15) is 0 Å². The van der Waals surface area contributed by atoms with Gasteiger partial charge in [-0.3, -0.25) is 9.59 Å². The Balaban J connectivity index is 3.09. The quantitative estimate of drug-likeness (QED) is 0.510. The maximum Gasteiger partial charge on any atom is 0.311 e. The van der Waals surface area contributed by atoms with E-state index in [1.807, 2.05) is 0 Å². The lowest BCUT2D eigenvalue weighted by Crippen LogP contribution is -2.08. The highest BCUT2D eigenvalue weighted by Gasteiger charge is 2.16. The van der Waals surface area contributed by atoms with Crippen LogP contribution in [-0.4, -0.2) is 16.9 Å². The molecule has 0 saturated heterocycles. The van der Waals surface area contributed by atoms with Gasteiger partial charge < -0.3 is 5.11 Å². The number of rotatable bonds is 3. The average molecular weight is 251 g/mol. The summed E-state index contributed by atoms with van der Waals surface area (Å²) in [5, 5.41) is 8.10. The molecular weight excluding hydrogens is 246 g/mol. The fourth-order valence-corrected chi connectivity index (χ4v) is 1.46. The van der Waals surface area contributed by atoms with E-state index in [0.717, 1.165) is 12.1 Å². The van der Waals surface area contributed by atoms with Crippen LogP contribution in [0.4, 0.5) is 4.39 Å². The van der Waals surface area contributed by atoms with E-state index in [9.17, 15) is 14.0 Å². The molecule has 0 aromatic heterocycles. The zero-order valence-corrected chi connectivity index (χ0v) is 8.77. The molecule has 0 radical (unpaired) electrons. The number of hydrogen-bond acceptors (Lipinski definition) is 2. The number of carbonyl (C=O) groups is 2. The molecule has 15 heavy (non-hydrogen) atoms. The largest absolute Gasteiger partial charge is 0.481 e. The summed E-state index contributed by atoms with van der Waals surface area (Å²) in [6, 6.07) is 1.89. The smallest absolute Gasteiger partial charge is 0.311 e. The monoisotopic (exact) mass is 250 g/mol. The van der Waals surface area contributed by atoms with Crippen LogP contribution in [0.25, 0.3) is 0 Å². The van der Waals surface area contributed by atoms with Crippen molar-refractivity contribution in [1.29, 1.82) is 0 Å². The third-order valence-corrected chi connectivity index (χ3v) is 2.22. The first-order valence-electron chi connectivity index (χ1n) is 3.81. The number of halogens is 3. The molecule has 0 amide bonds. The molecule has 0 bridgehead atoms. The standard InChI is InChI=1S/C9H5Cl2FO3/c10-5-2-6(11)7(12)1-4(5)8(13)3-9(14)15/h1-2H,3H2,(H,14,15). The van der Waals surface area contributed by atoms with Crippen molar-refractivity contribution in [3.05, 3.63) is 33.6 Å². The van der Waals surface area contributed by atoms with Crippen LogP contribution >= 0.6 is 23.2 Å². The first-order valence-corrected chi connectivity index (χ1v) is 4.57. The number of aliphatic carboxylic acids is 1. The zero-order valence-electron chi connectivity index (χ0n) is 7.26. The third kappa shape index (κ3) is 2.91. The van der Waals surface area contributed by atoms with Crippen molar-refractivity contribution in [2.45, 2.75) is 6.42 Å². The van der Waals surface area contributed by atoms with Gasteiger partial charge in [-0.1, -0.05) is 23.2 Å². The van der Waals surface area contributed by atoms with Crippen molar-refractivity contribution in [2.24, 2.45) is 0 Å². The van der Waals surface area contributed by atoms with Crippen molar-refractivity contribution in [3.63, 3.8) is 0 Å². The summed E-state index contributed by atoms with van der Waals surface area (Å²) >= 11 is 11.0. The number of carboxylic acids is 1. The number of benzene rings is 1. The molecule has 1 N–H and O–H groups in total. The van der Waals surface area contributed by atoms with Gasteiger partial charge in [0.15, 0.2) is 5.78 Å². The topological polar surface area (TPSA) is 54.4 Å². The Kier molecular flexibility index (Phi) is 3.66. The lowest BCUT2D eigenvalue weighted by molar-refractivity contribution is -0.135. The lowest BCUT2D eigenvalue weighted by Gasteiger charge is -2.03. The maximum atomic E-state index is 13.0. The average Bonchev–Trinajstić information content (AvgIpc) is 2.09. The summed E-state index contributed by atoms with van der Waals surface area (Å²) in [4.78, 5) is 21.5. The van der Waals surface area contributed by atoms with Crippen LogP contribution in [0.2, 0.25) is 10.0 Å². The maximum absolute atomic E-state index is 13.0. The normalized spacial score (nSPS) is 10.1. The molecule has 1 aromatic carbocycles. The van der Waals surface area contributed by atoms with Gasteiger partial charge in [0.05, 0.1) is 10.0 Å². The zero-order chi connectivity index (χ0) is 11.6. The molecule has 1 aromatic rings. The second-order valence-corrected chi connectivity index (χ2v) is 3.55. The van der Waals surface area contributed by atoms with Gasteiger partial charge in [-0.05, 0) is 12.1 Å². The molecule has 0 aliphatic heterocycles. The molecule has 6 heteroatoms. The number of carbonyl (C=O) groups excluding carboxylic acids is 1. The first kappa shape index (κ1) is 11.9. The molecule has 3 nitrogen and oxygen atoms in total. The summed E-state index contributed by atoms with van der Waals surface area (Å²) in [6.45, 7) is 0. The molecule has 1 rings (SSSR count). The van der Waals surface area contributed by atoms with Gasteiger partial charge in [-0.15, -0.1) is 0 Å². The van der Waals surface area contributed by atoms with Crippen molar-refractivity contribution in [2.75, 3.05) is 0 Å². The second-order valence-electron chi connectivity index (χ2n) is 2.74. The Hall–Kier alpha value is -1.13. The predicted octanol–water partition coefficient (Wildman–Crippen LogP) is 2.79. The van der Waals surface area contributed by atoms with Gasteiger partial charge in [0.25, 0.3) is 0 Å². The first-order chi connectivity index (χ1) is 6.91. The van der Waals surface area contributed by atoms with Crippen LogP contribution < -0.4 is 0 Å². The van der Waals surface area contributed by atoms with Crippen LogP contribution in [0.15, 0.2) is 12.1 Å². The van der Waals surface area contributed by atoms with Crippen LogP contribution in [0.5, 0.6) is 0 Å². The molecule has 0 aliphatic carbocycles. The van der Waals surface area contributed by atoms with Gasteiger partial charge in [-0.25, -0.2) is 4.39 Å². The molecule has 0 fully saturated rings. The molecule has 0 heterocycles. The van der Waals surface area contributed by atoms with E-state index < -0.39 is 24.0 Å².